The lowest BCUT2D eigenvalue weighted by Gasteiger charge is -2.10. The van der Waals surface area contributed by atoms with Gasteiger partial charge in [0.15, 0.2) is 10.8 Å². The molecule has 6 heteroatoms. The van der Waals surface area contributed by atoms with E-state index in [-0.39, 0.29) is 5.56 Å². The number of nitrogens with zero attached hydrogens (tertiary/aromatic N) is 4. The van der Waals surface area contributed by atoms with E-state index in [0.717, 1.165) is 0 Å². The zero-order valence-corrected chi connectivity index (χ0v) is 8.86. The van der Waals surface area contributed by atoms with E-state index in [1.54, 1.807) is 22.5 Å². The first-order valence-corrected chi connectivity index (χ1v) is 5.39. The Balaban J connectivity index is 2.43. The Bertz CT molecular complexity index is 625. The van der Waals surface area contributed by atoms with Crippen LogP contribution in [0.5, 0.6) is 0 Å². The van der Waals surface area contributed by atoms with Crippen molar-refractivity contribution in [2.45, 2.75) is 11.7 Å². The molecule has 0 fully saturated rings. The summed E-state index contributed by atoms with van der Waals surface area (Å²) in [6, 6.07) is 0. The van der Waals surface area contributed by atoms with Crippen molar-refractivity contribution in [1.29, 1.82) is 0 Å². The Morgan fingerprint density at radius 1 is 1.53 bits per heavy atom. The number of hydrogen-bond acceptors (Lipinski definition) is 4. The first kappa shape index (κ1) is 8.72. The van der Waals surface area contributed by atoms with Crippen molar-refractivity contribution in [2.75, 3.05) is 0 Å². The molecule has 0 aliphatic carbocycles. The molecule has 0 saturated carbocycles. The smallest absolute Gasteiger partial charge is 0.265 e. The lowest BCUT2D eigenvalue weighted by molar-refractivity contribution is 0.665. The molecule has 1 aliphatic heterocycles. The van der Waals surface area contributed by atoms with Crippen LogP contribution in [0, 0.1) is 0 Å². The largest absolute Gasteiger partial charge is 0.283 e. The molecular weight excluding hydrogens is 212 g/mol. The SMILES string of the molecule is Cn1cc2c(=O)n3c(nc2n1)SC=CC3. The van der Waals surface area contributed by atoms with Gasteiger partial charge in [-0.15, -0.1) is 0 Å². The maximum atomic E-state index is 12.0. The second-order valence-electron chi connectivity index (χ2n) is 3.34. The van der Waals surface area contributed by atoms with Gasteiger partial charge < -0.3 is 0 Å². The van der Waals surface area contributed by atoms with Crippen LogP contribution < -0.4 is 5.56 Å². The van der Waals surface area contributed by atoms with E-state index < -0.39 is 0 Å². The zero-order chi connectivity index (χ0) is 10.4. The lowest BCUT2D eigenvalue weighted by atomic mass is 10.4. The van der Waals surface area contributed by atoms with Crippen molar-refractivity contribution in [2.24, 2.45) is 7.05 Å². The summed E-state index contributed by atoms with van der Waals surface area (Å²) in [5.41, 5.74) is 0.511. The van der Waals surface area contributed by atoms with Crippen LogP contribution in [-0.4, -0.2) is 19.3 Å². The number of rotatable bonds is 0. The van der Waals surface area contributed by atoms with Gasteiger partial charge in [0, 0.05) is 19.8 Å². The molecule has 2 aromatic rings. The van der Waals surface area contributed by atoms with Crippen LogP contribution in [0.1, 0.15) is 0 Å². The molecule has 0 unspecified atom stereocenters. The molecule has 0 atom stereocenters. The Morgan fingerprint density at radius 2 is 2.40 bits per heavy atom. The third kappa shape index (κ3) is 1.21. The van der Waals surface area contributed by atoms with Crippen molar-refractivity contribution < 1.29 is 0 Å². The van der Waals surface area contributed by atoms with Gasteiger partial charge in [-0.1, -0.05) is 17.8 Å². The van der Waals surface area contributed by atoms with E-state index in [2.05, 4.69) is 10.1 Å². The number of hydrogen-bond donors (Lipinski definition) is 0. The van der Waals surface area contributed by atoms with Gasteiger partial charge >= 0.3 is 0 Å². The number of aromatic nitrogens is 4. The van der Waals surface area contributed by atoms with E-state index in [9.17, 15) is 4.79 Å². The van der Waals surface area contributed by atoms with Gasteiger partial charge in [-0.3, -0.25) is 14.0 Å². The standard InChI is InChI=1S/C9H8N4OS/c1-12-5-6-7(11-12)10-9-13(8(6)14)3-2-4-15-9/h2,4-5H,3H2,1H3. The molecule has 3 heterocycles. The minimum atomic E-state index is -0.0139. The van der Waals surface area contributed by atoms with Crippen molar-refractivity contribution >= 4 is 22.8 Å². The van der Waals surface area contributed by atoms with E-state index >= 15 is 0 Å². The molecule has 0 aromatic carbocycles. The minimum Gasteiger partial charge on any atom is -0.283 e. The van der Waals surface area contributed by atoms with E-state index in [1.165, 1.54) is 11.8 Å². The van der Waals surface area contributed by atoms with Crippen molar-refractivity contribution in [3.63, 3.8) is 0 Å². The molecule has 2 aromatic heterocycles. The van der Waals surface area contributed by atoms with Crippen LogP contribution in [0.25, 0.3) is 11.0 Å². The fourth-order valence-corrected chi connectivity index (χ4v) is 2.33. The predicted octanol–water partition coefficient (Wildman–Crippen LogP) is 0.749. The van der Waals surface area contributed by atoms with Crippen molar-refractivity contribution in [3.8, 4) is 0 Å². The summed E-state index contributed by atoms with van der Waals surface area (Å²) >= 11 is 1.45. The molecular formula is C9H8N4OS. The maximum absolute atomic E-state index is 12.0. The van der Waals surface area contributed by atoms with Crippen LogP contribution in [0.4, 0.5) is 0 Å². The van der Waals surface area contributed by atoms with Crippen molar-refractivity contribution in [3.05, 3.63) is 28.0 Å². The average Bonchev–Trinajstić information content (AvgIpc) is 2.59. The third-order valence-electron chi connectivity index (χ3n) is 2.27. The van der Waals surface area contributed by atoms with Gasteiger partial charge in [-0.25, -0.2) is 4.98 Å². The number of thioether (sulfide) groups is 1. The number of fused-ring (bicyclic) bond motifs is 2. The molecule has 1 aliphatic rings. The summed E-state index contributed by atoms with van der Waals surface area (Å²) in [6.07, 6.45) is 3.66. The van der Waals surface area contributed by atoms with Gasteiger partial charge in [0.1, 0.15) is 5.39 Å². The van der Waals surface area contributed by atoms with Crippen molar-refractivity contribution in [1.82, 2.24) is 19.3 Å². The second kappa shape index (κ2) is 2.96. The molecule has 0 radical (unpaired) electrons. The summed E-state index contributed by atoms with van der Waals surface area (Å²) in [5, 5.41) is 7.37. The molecule has 0 spiro atoms. The summed E-state index contributed by atoms with van der Waals surface area (Å²) in [7, 11) is 1.79. The Hall–Kier alpha value is -1.56. The Labute approximate surface area is 89.4 Å². The summed E-state index contributed by atoms with van der Waals surface area (Å²) in [4.78, 5) is 16.3. The molecule has 5 nitrogen and oxygen atoms in total. The fraction of sp³-hybridized carbons (Fsp3) is 0.222. The minimum absolute atomic E-state index is 0.0139. The Kier molecular flexibility index (Phi) is 1.72. The second-order valence-corrected chi connectivity index (χ2v) is 4.21. The van der Waals surface area contributed by atoms with E-state index in [1.807, 2.05) is 11.5 Å². The van der Waals surface area contributed by atoms with Gasteiger partial charge in [0.25, 0.3) is 5.56 Å². The Morgan fingerprint density at radius 3 is 3.27 bits per heavy atom. The fourth-order valence-electron chi connectivity index (χ4n) is 1.60. The van der Waals surface area contributed by atoms with Crippen LogP contribution in [0.2, 0.25) is 0 Å². The lowest BCUT2D eigenvalue weighted by Crippen LogP contribution is -2.23. The van der Waals surface area contributed by atoms with Crippen LogP contribution in [0.3, 0.4) is 0 Å². The van der Waals surface area contributed by atoms with Gasteiger partial charge in [-0.05, 0) is 5.41 Å². The average molecular weight is 220 g/mol. The quantitative estimate of drug-likeness (QED) is 0.615. The number of aryl methyl sites for hydroxylation is 1. The molecule has 0 amide bonds. The van der Waals surface area contributed by atoms with Crippen LogP contribution in [0.15, 0.2) is 27.6 Å². The monoisotopic (exact) mass is 220 g/mol. The first-order chi connectivity index (χ1) is 7.25. The van der Waals surface area contributed by atoms with Gasteiger partial charge in [-0.2, -0.15) is 5.10 Å². The summed E-state index contributed by atoms with van der Waals surface area (Å²) < 4.78 is 3.28. The number of allylic oxidation sites excluding steroid dienone is 1. The molecule has 0 saturated heterocycles. The molecule has 0 bridgehead atoms. The summed E-state index contributed by atoms with van der Waals surface area (Å²) in [5.74, 6) is 0. The van der Waals surface area contributed by atoms with Gasteiger partial charge in [0.05, 0.1) is 0 Å². The first-order valence-electron chi connectivity index (χ1n) is 4.51. The van der Waals surface area contributed by atoms with E-state index in [4.69, 9.17) is 0 Å². The summed E-state index contributed by atoms with van der Waals surface area (Å²) in [6.45, 7) is 0.596. The zero-order valence-electron chi connectivity index (χ0n) is 8.04. The maximum Gasteiger partial charge on any atom is 0.265 e. The third-order valence-corrected chi connectivity index (χ3v) is 3.13. The molecule has 3 rings (SSSR count). The van der Waals surface area contributed by atoms with Crippen LogP contribution in [-0.2, 0) is 13.6 Å². The highest BCUT2D eigenvalue weighted by Crippen LogP contribution is 2.21. The van der Waals surface area contributed by atoms with E-state index in [0.29, 0.717) is 22.7 Å². The van der Waals surface area contributed by atoms with Crippen LogP contribution >= 0.6 is 11.8 Å². The highest BCUT2D eigenvalue weighted by Gasteiger charge is 2.14. The normalized spacial score (nSPS) is 14.5. The highest BCUT2D eigenvalue weighted by atomic mass is 32.2. The van der Waals surface area contributed by atoms with Gasteiger partial charge in [0.2, 0.25) is 0 Å². The molecule has 15 heavy (non-hydrogen) atoms. The topological polar surface area (TPSA) is 52.7 Å². The molecule has 0 N–H and O–H groups in total. The highest BCUT2D eigenvalue weighted by molar-refractivity contribution is 8.02. The predicted molar refractivity (Wildman–Crippen MR) is 57.8 cm³/mol. The molecule has 76 valence electrons.